The molecule has 25 heavy (non-hydrogen) atoms. The van der Waals surface area contributed by atoms with Crippen LogP contribution in [0.25, 0.3) is 11.1 Å². The highest BCUT2D eigenvalue weighted by Crippen LogP contribution is 2.48. The van der Waals surface area contributed by atoms with Crippen LogP contribution in [0.2, 0.25) is 16.6 Å². The Labute approximate surface area is 152 Å². The summed E-state index contributed by atoms with van der Waals surface area (Å²) in [5, 5.41) is 0. The molecule has 0 saturated heterocycles. The second-order valence-corrected chi connectivity index (χ2v) is 13.4. The van der Waals surface area contributed by atoms with Crippen molar-refractivity contribution in [2.75, 3.05) is 0 Å². The van der Waals surface area contributed by atoms with Gasteiger partial charge in [0.25, 0.3) is 8.32 Å². The molecule has 3 heteroatoms. The van der Waals surface area contributed by atoms with Gasteiger partial charge in [0, 0.05) is 5.56 Å². The Hall–Kier alpha value is -1.61. The summed E-state index contributed by atoms with van der Waals surface area (Å²) in [5.74, 6) is 0.880. The highest BCUT2D eigenvalue weighted by molar-refractivity contribution is 6.78. The predicted octanol–water partition coefficient (Wildman–Crippen LogP) is 7.08. The van der Waals surface area contributed by atoms with E-state index in [0.29, 0.717) is 22.2 Å². The van der Waals surface area contributed by atoms with Crippen LogP contribution in [0, 0.1) is 6.07 Å². The number of hydrogen-bond acceptors (Lipinski definition) is 1. The lowest BCUT2D eigenvalue weighted by Crippen LogP contribution is -2.50. The van der Waals surface area contributed by atoms with Crippen molar-refractivity contribution < 1.29 is 8.82 Å². The van der Waals surface area contributed by atoms with Crippen molar-refractivity contribution >= 4 is 8.32 Å². The van der Waals surface area contributed by atoms with Gasteiger partial charge in [0.15, 0.2) is 6.17 Å². The zero-order valence-electron chi connectivity index (χ0n) is 16.1. The Morgan fingerprint density at radius 1 is 0.960 bits per heavy atom. The molecular formula is C22H28FOSi. The molecule has 0 amide bonds. The van der Waals surface area contributed by atoms with Crippen LogP contribution in [0.15, 0.2) is 36.4 Å². The number of alkyl halides is 1. The Balaban J connectivity index is 2.04. The highest BCUT2D eigenvalue weighted by Gasteiger charge is 2.47. The molecule has 0 saturated carbocycles. The lowest BCUT2D eigenvalue weighted by molar-refractivity contribution is 0.409. The van der Waals surface area contributed by atoms with Gasteiger partial charge in [-0.25, -0.2) is 4.39 Å². The summed E-state index contributed by atoms with van der Waals surface area (Å²) in [7, 11) is -2.01. The highest BCUT2D eigenvalue weighted by atomic mass is 28.4. The SMILES string of the molecule is CC(C)[Si](Oc1ccc2c(c1)-c1ccc[c]c1C2F)(C(C)C)C(C)C. The number of halogens is 1. The van der Waals surface area contributed by atoms with E-state index in [1.54, 1.807) is 6.07 Å². The molecule has 1 unspecified atom stereocenters. The maximum Gasteiger partial charge on any atom is 0.258 e. The van der Waals surface area contributed by atoms with Gasteiger partial charge in [-0.1, -0.05) is 65.8 Å². The molecule has 0 aromatic heterocycles. The molecule has 1 radical (unpaired) electrons. The minimum atomic E-state index is -2.01. The van der Waals surface area contributed by atoms with Crippen LogP contribution in [0.1, 0.15) is 58.8 Å². The third-order valence-corrected chi connectivity index (χ3v) is 11.7. The second-order valence-electron chi connectivity index (χ2n) is 8.03. The lowest BCUT2D eigenvalue weighted by Gasteiger charge is -2.42. The predicted molar refractivity (Wildman–Crippen MR) is 105 cm³/mol. The summed E-state index contributed by atoms with van der Waals surface area (Å²) < 4.78 is 21.5. The second kappa shape index (κ2) is 6.60. The maximum atomic E-state index is 14.7. The van der Waals surface area contributed by atoms with E-state index in [2.05, 4.69) is 47.6 Å². The molecule has 0 aliphatic heterocycles. The fourth-order valence-electron chi connectivity index (χ4n) is 4.66. The van der Waals surface area contributed by atoms with Gasteiger partial charge in [0.1, 0.15) is 5.75 Å². The summed E-state index contributed by atoms with van der Waals surface area (Å²) >= 11 is 0. The number of fused-ring (bicyclic) bond motifs is 3. The van der Waals surface area contributed by atoms with Gasteiger partial charge in [0.2, 0.25) is 0 Å². The van der Waals surface area contributed by atoms with E-state index in [1.807, 2.05) is 30.3 Å². The molecule has 133 valence electrons. The van der Waals surface area contributed by atoms with Crippen LogP contribution in [-0.2, 0) is 0 Å². The van der Waals surface area contributed by atoms with E-state index in [4.69, 9.17) is 4.43 Å². The van der Waals surface area contributed by atoms with Crippen molar-refractivity contribution in [3.05, 3.63) is 53.6 Å². The van der Waals surface area contributed by atoms with Gasteiger partial charge in [-0.3, -0.25) is 0 Å². The largest absolute Gasteiger partial charge is 0.543 e. The molecule has 2 aromatic carbocycles. The Morgan fingerprint density at radius 3 is 2.20 bits per heavy atom. The van der Waals surface area contributed by atoms with Gasteiger partial charge in [-0.05, 0) is 51.5 Å². The fourth-order valence-corrected chi connectivity index (χ4v) is 9.90. The zero-order valence-corrected chi connectivity index (χ0v) is 17.1. The normalized spacial score (nSPS) is 16.5. The monoisotopic (exact) mass is 355 g/mol. The van der Waals surface area contributed by atoms with Gasteiger partial charge in [-0.15, -0.1) is 0 Å². The van der Waals surface area contributed by atoms with Crippen LogP contribution in [-0.4, -0.2) is 8.32 Å². The third-order valence-electron chi connectivity index (χ3n) is 5.73. The van der Waals surface area contributed by atoms with Crippen LogP contribution < -0.4 is 4.43 Å². The smallest absolute Gasteiger partial charge is 0.258 e. The summed E-state index contributed by atoms with van der Waals surface area (Å²) in [4.78, 5) is 0. The van der Waals surface area contributed by atoms with E-state index < -0.39 is 14.5 Å². The molecule has 1 nitrogen and oxygen atoms in total. The molecule has 1 aliphatic carbocycles. The zero-order chi connectivity index (χ0) is 18.4. The van der Waals surface area contributed by atoms with Crippen molar-refractivity contribution in [3.8, 4) is 16.9 Å². The van der Waals surface area contributed by atoms with E-state index in [9.17, 15) is 4.39 Å². The van der Waals surface area contributed by atoms with Crippen molar-refractivity contribution in [2.45, 2.75) is 64.3 Å². The van der Waals surface area contributed by atoms with E-state index in [-0.39, 0.29) is 0 Å². The topological polar surface area (TPSA) is 9.23 Å². The molecule has 1 aliphatic rings. The first-order chi connectivity index (χ1) is 11.8. The number of rotatable bonds is 5. The molecule has 0 spiro atoms. The Bertz CT molecular complexity index is 745. The first kappa shape index (κ1) is 18.2. The first-order valence-electron chi connectivity index (χ1n) is 9.27. The Morgan fingerprint density at radius 2 is 1.60 bits per heavy atom. The average molecular weight is 356 g/mol. The maximum absolute atomic E-state index is 14.7. The summed E-state index contributed by atoms with van der Waals surface area (Å²) in [5.41, 5.74) is 4.81. The first-order valence-corrected chi connectivity index (χ1v) is 11.4. The summed E-state index contributed by atoms with van der Waals surface area (Å²) in [6.45, 7) is 13.7. The molecule has 0 heterocycles. The lowest BCUT2D eigenvalue weighted by atomic mass is 10.1. The summed E-state index contributed by atoms with van der Waals surface area (Å²) in [6.07, 6.45) is -1.08. The third kappa shape index (κ3) is 2.83. The van der Waals surface area contributed by atoms with E-state index in [1.165, 1.54) is 0 Å². The van der Waals surface area contributed by atoms with Gasteiger partial charge < -0.3 is 4.43 Å². The molecule has 1 atom stereocenters. The number of benzene rings is 2. The van der Waals surface area contributed by atoms with Crippen molar-refractivity contribution in [1.82, 2.24) is 0 Å². The van der Waals surface area contributed by atoms with Crippen LogP contribution in [0.4, 0.5) is 4.39 Å². The van der Waals surface area contributed by atoms with Crippen molar-refractivity contribution in [2.24, 2.45) is 0 Å². The van der Waals surface area contributed by atoms with E-state index in [0.717, 1.165) is 22.4 Å². The molecule has 0 fully saturated rings. The minimum absolute atomic E-state index is 0.510. The minimum Gasteiger partial charge on any atom is -0.543 e. The van der Waals surface area contributed by atoms with Crippen LogP contribution >= 0.6 is 0 Å². The quantitative estimate of drug-likeness (QED) is 0.521. The molecule has 3 rings (SSSR count). The molecule has 0 bridgehead atoms. The van der Waals surface area contributed by atoms with Gasteiger partial charge in [-0.2, -0.15) is 0 Å². The molecule has 0 N–H and O–H groups in total. The average Bonchev–Trinajstić information content (AvgIpc) is 2.84. The van der Waals surface area contributed by atoms with Gasteiger partial charge >= 0.3 is 0 Å². The fraction of sp³-hybridized carbons (Fsp3) is 0.455. The standard InChI is InChI=1S/C22H28FOSi/c1-14(2)25(15(3)4,16(5)6)24-17-11-12-20-21(13-17)18-9-7-8-10-19(18)22(20)23/h7-9,11-16,22H,1-6H3. The van der Waals surface area contributed by atoms with Crippen LogP contribution in [0.3, 0.4) is 0 Å². The van der Waals surface area contributed by atoms with Crippen molar-refractivity contribution in [1.29, 1.82) is 0 Å². The van der Waals surface area contributed by atoms with Gasteiger partial charge in [0.05, 0.1) is 0 Å². The van der Waals surface area contributed by atoms with E-state index >= 15 is 0 Å². The Kier molecular flexibility index (Phi) is 4.80. The summed E-state index contributed by atoms with van der Waals surface area (Å²) in [6, 6.07) is 14.6. The van der Waals surface area contributed by atoms with Crippen LogP contribution in [0.5, 0.6) is 5.75 Å². The molecular weight excluding hydrogens is 327 g/mol. The van der Waals surface area contributed by atoms with Crippen molar-refractivity contribution in [3.63, 3.8) is 0 Å². The number of hydrogen-bond donors (Lipinski definition) is 0. The molecule has 2 aromatic rings.